The molecule has 0 unspecified atom stereocenters. The van der Waals surface area contributed by atoms with Crippen LogP contribution in [0.25, 0.3) is 0 Å². The first-order chi connectivity index (χ1) is 5.31. The highest BCUT2D eigenvalue weighted by molar-refractivity contribution is 4.85. The van der Waals surface area contributed by atoms with Gasteiger partial charge in [0, 0.05) is 12.6 Å². The van der Waals surface area contributed by atoms with Gasteiger partial charge in [-0.1, -0.05) is 32.6 Å². The van der Waals surface area contributed by atoms with E-state index in [4.69, 9.17) is 10.8 Å². The third-order valence-electron chi connectivity index (χ3n) is 1.73. The summed E-state index contributed by atoms with van der Waals surface area (Å²) in [6.07, 6.45) is 8.10. The van der Waals surface area contributed by atoms with Crippen molar-refractivity contribution < 1.29 is 5.11 Å². The Bertz CT molecular complexity index is 110. The molecule has 0 aromatic heterocycles. The van der Waals surface area contributed by atoms with E-state index in [1.54, 1.807) is 0 Å². The molecule has 0 saturated heterocycles. The second-order valence-electron chi connectivity index (χ2n) is 2.82. The predicted molar refractivity (Wildman–Crippen MR) is 48.3 cm³/mol. The zero-order chi connectivity index (χ0) is 8.53. The molecule has 0 aliphatic heterocycles. The Morgan fingerprint density at radius 2 is 1.91 bits per heavy atom. The van der Waals surface area contributed by atoms with Gasteiger partial charge in [-0.25, -0.2) is 0 Å². The third-order valence-corrected chi connectivity index (χ3v) is 1.73. The number of aliphatic hydroxyl groups is 1. The second kappa shape index (κ2) is 7.45. The van der Waals surface area contributed by atoms with Crippen LogP contribution < -0.4 is 5.73 Å². The van der Waals surface area contributed by atoms with E-state index in [0.717, 1.165) is 12.8 Å². The van der Waals surface area contributed by atoms with Gasteiger partial charge in [0.05, 0.1) is 0 Å². The molecule has 66 valence electrons. The number of hydrogen-bond acceptors (Lipinski definition) is 2. The Hall–Kier alpha value is -0.660. The van der Waals surface area contributed by atoms with Gasteiger partial charge < -0.3 is 10.8 Å². The van der Waals surface area contributed by atoms with Gasteiger partial charge in [-0.15, -0.1) is 0 Å². The fraction of sp³-hybridized carbons (Fsp3) is 0.778. The summed E-state index contributed by atoms with van der Waals surface area (Å²) in [5.41, 5.74) is 5.10. The summed E-state index contributed by atoms with van der Waals surface area (Å²) < 4.78 is 0. The molecule has 0 heterocycles. The van der Waals surface area contributed by atoms with Crippen molar-refractivity contribution in [1.82, 2.24) is 0 Å². The fourth-order valence-electron chi connectivity index (χ4n) is 0.993. The summed E-state index contributed by atoms with van der Waals surface area (Å²) in [6.45, 7) is 2.19. The minimum atomic E-state index is 0.321. The van der Waals surface area contributed by atoms with Crippen molar-refractivity contribution in [2.24, 2.45) is 5.73 Å². The lowest BCUT2D eigenvalue weighted by Crippen LogP contribution is -1.88. The van der Waals surface area contributed by atoms with Gasteiger partial charge in [-0.05, 0) is 6.42 Å². The van der Waals surface area contributed by atoms with Crippen LogP contribution in [0, 0.1) is 0 Å². The lowest BCUT2D eigenvalue weighted by molar-refractivity contribution is 0.378. The Morgan fingerprint density at radius 3 is 2.45 bits per heavy atom. The second-order valence-corrected chi connectivity index (χ2v) is 2.82. The summed E-state index contributed by atoms with van der Waals surface area (Å²) in [6, 6.07) is 0. The first kappa shape index (κ1) is 10.3. The number of aliphatic hydroxyl groups excluding tert-OH is 1. The monoisotopic (exact) mass is 157 g/mol. The van der Waals surface area contributed by atoms with E-state index < -0.39 is 0 Å². The molecule has 0 aromatic carbocycles. The van der Waals surface area contributed by atoms with Crippen LogP contribution in [0.5, 0.6) is 0 Å². The van der Waals surface area contributed by atoms with E-state index >= 15 is 0 Å². The molecule has 11 heavy (non-hydrogen) atoms. The van der Waals surface area contributed by atoms with Gasteiger partial charge in [0.25, 0.3) is 0 Å². The normalized spacial score (nSPS) is 11.9. The topological polar surface area (TPSA) is 46.2 Å². The van der Waals surface area contributed by atoms with E-state index in [2.05, 4.69) is 6.92 Å². The maximum atomic E-state index is 8.95. The van der Waals surface area contributed by atoms with Gasteiger partial charge in [0.15, 0.2) is 0 Å². The first-order valence-corrected chi connectivity index (χ1v) is 4.41. The molecule has 0 aromatic rings. The summed E-state index contributed by atoms with van der Waals surface area (Å²) >= 11 is 0. The van der Waals surface area contributed by atoms with E-state index in [1.807, 2.05) is 0 Å². The zero-order valence-electron chi connectivity index (χ0n) is 7.34. The quantitative estimate of drug-likeness (QED) is 0.460. The van der Waals surface area contributed by atoms with Crippen LogP contribution in [0.15, 0.2) is 12.0 Å². The average molecular weight is 157 g/mol. The average Bonchev–Trinajstić information content (AvgIpc) is 2.04. The van der Waals surface area contributed by atoms with Crippen LogP contribution in [0.2, 0.25) is 0 Å². The molecule has 0 fully saturated rings. The van der Waals surface area contributed by atoms with Crippen LogP contribution in [0.3, 0.4) is 0 Å². The van der Waals surface area contributed by atoms with E-state index in [-0.39, 0.29) is 0 Å². The molecule has 3 N–H and O–H groups in total. The number of allylic oxidation sites excluding steroid dienone is 1. The maximum Gasteiger partial charge on any atom is 0.108 e. The highest BCUT2D eigenvalue weighted by Crippen LogP contribution is 2.07. The SMILES string of the molecule is CCCCCCC/C(O)=C/N. The molecule has 0 rings (SSSR count). The van der Waals surface area contributed by atoms with Gasteiger partial charge in [-0.3, -0.25) is 0 Å². The molecule has 0 atom stereocenters. The highest BCUT2D eigenvalue weighted by Gasteiger charge is 1.92. The number of rotatable bonds is 6. The van der Waals surface area contributed by atoms with Crippen molar-refractivity contribution in [3.63, 3.8) is 0 Å². The van der Waals surface area contributed by atoms with Crippen LogP contribution in [-0.4, -0.2) is 5.11 Å². The minimum absolute atomic E-state index is 0.321. The Labute approximate surface area is 69.1 Å². The summed E-state index contributed by atoms with van der Waals surface area (Å²) in [7, 11) is 0. The lowest BCUT2D eigenvalue weighted by atomic mass is 10.1. The van der Waals surface area contributed by atoms with Crippen molar-refractivity contribution >= 4 is 0 Å². The number of unbranched alkanes of at least 4 members (excludes halogenated alkanes) is 4. The molecule has 2 nitrogen and oxygen atoms in total. The third kappa shape index (κ3) is 7.23. The Kier molecular flexibility index (Phi) is 7.00. The predicted octanol–water partition coefficient (Wildman–Crippen LogP) is 2.71. The van der Waals surface area contributed by atoms with E-state index in [1.165, 1.54) is 31.9 Å². The van der Waals surface area contributed by atoms with Crippen molar-refractivity contribution in [2.45, 2.75) is 45.4 Å². The zero-order valence-corrected chi connectivity index (χ0v) is 7.34. The van der Waals surface area contributed by atoms with E-state index in [0.29, 0.717) is 5.76 Å². The van der Waals surface area contributed by atoms with Gasteiger partial charge >= 0.3 is 0 Å². The van der Waals surface area contributed by atoms with Gasteiger partial charge in [0.1, 0.15) is 5.76 Å². The van der Waals surface area contributed by atoms with Crippen LogP contribution in [0.1, 0.15) is 45.4 Å². The highest BCUT2D eigenvalue weighted by atomic mass is 16.3. The molecule has 0 spiro atoms. The molecule has 0 amide bonds. The van der Waals surface area contributed by atoms with Crippen molar-refractivity contribution in [1.29, 1.82) is 0 Å². The summed E-state index contributed by atoms with van der Waals surface area (Å²) in [5, 5.41) is 8.95. The Balaban J connectivity index is 3.02. The summed E-state index contributed by atoms with van der Waals surface area (Å²) in [5.74, 6) is 0.321. The smallest absolute Gasteiger partial charge is 0.108 e. The van der Waals surface area contributed by atoms with E-state index in [9.17, 15) is 0 Å². The summed E-state index contributed by atoms with van der Waals surface area (Å²) in [4.78, 5) is 0. The molecule has 0 radical (unpaired) electrons. The minimum Gasteiger partial charge on any atom is -0.511 e. The van der Waals surface area contributed by atoms with Crippen LogP contribution >= 0.6 is 0 Å². The van der Waals surface area contributed by atoms with Crippen molar-refractivity contribution in [3.05, 3.63) is 12.0 Å². The molecule has 0 aliphatic carbocycles. The van der Waals surface area contributed by atoms with Crippen molar-refractivity contribution in [3.8, 4) is 0 Å². The number of nitrogens with two attached hydrogens (primary N) is 1. The molecule has 0 aliphatic rings. The van der Waals surface area contributed by atoms with Gasteiger partial charge in [0.2, 0.25) is 0 Å². The molecular weight excluding hydrogens is 138 g/mol. The lowest BCUT2D eigenvalue weighted by Gasteiger charge is -1.98. The first-order valence-electron chi connectivity index (χ1n) is 4.41. The maximum absolute atomic E-state index is 8.95. The largest absolute Gasteiger partial charge is 0.511 e. The fourth-order valence-corrected chi connectivity index (χ4v) is 0.993. The van der Waals surface area contributed by atoms with Crippen molar-refractivity contribution in [2.75, 3.05) is 0 Å². The number of hydrogen-bond donors (Lipinski definition) is 2. The van der Waals surface area contributed by atoms with Crippen LogP contribution in [0.4, 0.5) is 0 Å². The van der Waals surface area contributed by atoms with Crippen LogP contribution in [-0.2, 0) is 0 Å². The molecule has 0 saturated carbocycles. The Morgan fingerprint density at radius 1 is 1.27 bits per heavy atom. The molecule has 0 bridgehead atoms. The van der Waals surface area contributed by atoms with Gasteiger partial charge in [-0.2, -0.15) is 0 Å². The standard InChI is InChI=1S/C9H19NO/c1-2-3-4-5-6-7-9(11)8-10/h8,11H,2-7,10H2,1H3/b9-8-. The molecular formula is C9H19NO. The molecule has 2 heteroatoms.